The number of carbonyl (C=O) groups excluding carboxylic acids is 1. The van der Waals surface area contributed by atoms with E-state index < -0.39 is 26.7 Å². The molecule has 0 saturated heterocycles. The van der Waals surface area contributed by atoms with E-state index >= 15 is 0 Å². The van der Waals surface area contributed by atoms with Crippen LogP contribution in [0.5, 0.6) is 0 Å². The highest BCUT2D eigenvalue weighted by Gasteiger charge is 2.58. The standard InChI is InChI=1S/C8H19NO8P2/c1-6(2)7(10)9-5-3-4-8(11,18(12,13)14)19(15,16)17/h6,11H,3-5H2,1-2H3,(H,9,10)(H2,12,13,14)(H2,15,16,17). The zero-order chi connectivity index (χ0) is 15.5. The molecule has 1 amide bonds. The van der Waals surface area contributed by atoms with E-state index in [1.165, 1.54) is 0 Å². The molecule has 0 aromatic heterocycles. The van der Waals surface area contributed by atoms with Crippen molar-refractivity contribution in [1.82, 2.24) is 5.32 Å². The van der Waals surface area contributed by atoms with Gasteiger partial charge in [-0.1, -0.05) is 13.8 Å². The lowest BCUT2D eigenvalue weighted by atomic mass is 10.2. The van der Waals surface area contributed by atoms with Gasteiger partial charge in [-0.2, -0.15) is 0 Å². The van der Waals surface area contributed by atoms with Crippen molar-refractivity contribution < 1.29 is 38.6 Å². The maximum absolute atomic E-state index is 11.2. The van der Waals surface area contributed by atoms with Crippen LogP contribution in [0, 0.1) is 5.92 Å². The Bertz CT molecular complexity index is 389. The fourth-order valence-electron chi connectivity index (χ4n) is 1.20. The van der Waals surface area contributed by atoms with Crippen LogP contribution in [0.25, 0.3) is 0 Å². The van der Waals surface area contributed by atoms with E-state index in [2.05, 4.69) is 5.32 Å². The summed E-state index contributed by atoms with van der Waals surface area (Å²) in [6, 6.07) is 0. The molecular formula is C8H19NO8P2. The Morgan fingerprint density at radius 1 is 1.16 bits per heavy atom. The molecule has 0 atom stereocenters. The Balaban J connectivity index is 4.62. The quantitative estimate of drug-likeness (QED) is 0.271. The van der Waals surface area contributed by atoms with Crippen molar-refractivity contribution in [1.29, 1.82) is 0 Å². The van der Waals surface area contributed by atoms with Gasteiger partial charge in [-0.05, 0) is 6.42 Å². The first kappa shape index (κ1) is 18.7. The monoisotopic (exact) mass is 319 g/mol. The number of hydrogen-bond acceptors (Lipinski definition) is 4. The van der Waals surface area contributed by atoms with Crippen LogP contribution < -0.4 is 5.32 Å². The van der Waals surface area contributed by atoms with Crippen molar-refractivity contribution in [2.45, 2.75) is 31.8 Å². The summed E-state index contributed by atoms with van der Waals surface area (Å²) in [6.45, 7) is 3.22. The molecule has 0 bridgehead atoms. The smallest absolute Gasteiger partial charge is 0.368 e. The van der Waals surface area contributed by atoms with Gasteiger partial charge in [0.15, 0.2) is 0 Å². The van der Waals surface area contributed by atoms with E-state index in [1.54, 1.807) is 13.8 Å². The molecule has 0 unspecified atom stereocenters. The van der Waals surface area contributed by atoms with Gasteiger partial charge >= 0.3 is 15.2 Å². The molecule has 9 nitrogen and oxygen atoms in total. The average Bonchev–Trinajstić information content (AvgIpc) is 2.20. The lowest BCUT2D eigenvalue weighted by Gasteiger charge is -2.29. The summed E-state index contributed by atoms with van der Waals surface area (Å²) in [4.78, 5) is 46.6. The lowest BCUT2D eigenvalue weighted by molar-refractivity contribution is -0.124. The summed E-state index contributed by atoms with van der Waals surface area (Å²) in [5.74, 6) is -0.599. The largest absolute Gasteiger partial charge is 0.369 e. The fourth-order valence-corrected chi connectivity index (χ4v) is 3.46. The Morgan fingerprint density at radius 2 is 1.58 bits per heavy atom. The Kier molecular flexibility index (Phi) is 6.36. The molecule has 0 spiro atoms. The van der Waals surface area contributed by atoms with Crippen LogP contribution in [0.4, 0.5) is 0 Å². The number of carbonyl (C=O) groups is 1. The summed E-state index contributed by atoms with van der Waals surface area (Å²) in [5, 5.41) is 8.51. The van der Waals surface area contributed by atoms with Crippen LogP contribution in [0.1, 0.15) is 26.7 Å². The van der Waals surface area contributed by atoms with Gasteiger partial charge in [-0.15, -0.1) is 0 Å². The molecule has 0 aromatic rings. The zero-order valence-electron chi connectivity index (χ0n) is 10.6. The summed E-state index contributed by atoms with van der Waals surface area (Å²) < 4.78 is 22.0. The predicted octanol–water partition coefficient (Wildman–Crippen LogP) is -0.460. The molecule has 0 radical (unpaired) electrons. The third-order valence-corrected chi connectivity index (χ3v) is 6.32. The van der Waals surface area contributed by atoms with E-state index in [0.29, 0.717) is 0 Å². The molecule has 0 saturated carbocycles. The second-order valence-corrected chi connectivity index (χ2v) is 8.42. The van der Waals surface area contributed by atoms with E-state index in [-0.39, 0.29) is 24.8 Å². The number of rotatable bonds is 7. The Labute approximate surface area is 110 Å². The van der Waals surface area contributed by atoms with Crippen LogP contribution in [0.3, 0.4) is 0 Å². The van der Waals surface area contributed by atoms with Gasteiger partial charge in [0.05, 0.1) is 0 Å². The van der Waals surface area contributed by atoms with E-state index in [1.807, 2.05) is 0 Å². The first-order chi connectivity index (χ1) is 8.33. The molecule has 0 fully saturated rings. The number of hydrogen-bond donors (Lipinski definition) is 6. The van der Waals surface area contributed by atoms with Gasteiger partial charge in [0.2, 0.25) is 5.91 Å². The van der Waals surface area contributed by atoms with Gasteiger partial charge in [0.1, 0.15) is 0 Å². The summed E-state index contributed by atoms with van der Waals surface area (Å²) >= 11 is 0. The van der Waals surface area contributed by atoms with Crippen LogP contribution in [0.15, 0.2) is 0 Å². The fraction of sp³-hybridized carbons (Fsp3) is 0.875. The van der Waals surface area contributed by atoms with E-state index in [0.717, 1.165) is 0 Å². The van der Waals surface area contributed by atoms with Crippen molar-refractivity contribution in [3.05, 3.63) is 0 Å². The number of amides is 1. The maximum Gasteiger partial charge on any atom is 0.369 e. The third-order valence-electron chi connectivity index (χ3n) is 2.45. The summed E-state index contributed by atoms with van der Waals surface area (Å²) in [7, 11) is -10.8. The van der Waals surface area contributed by atoms with Crippen molar-refractivity contribution in [3.63, 3.8) is 0 Å². The van der Waals surface area contributed by atoms with Gasteiger partial charge in [-0.3, -0.25) is 13.9 Å². The highest BCUT2D eigenvalue weighted by molar-refractivity contribution is 7.72. The topological polar surface area (TPSA) is 164 Å². The lowest BCUT2D eigenvalue weighted by Crippen LogP contribution is -2.32. The predicted molar refractivity (Wildman–Crippen MR) is 66.1 cm³/mol. The number of aliphatic hydroxyl groups is 1. The molecule has 0 aliphatic rings. The van der Waals surface area contributed by atoms with Crippen molar-refractivity contribution >= 4 is 21.1 Å². The highest BCUT2D eigenvalue weighted by Crippen LogP contribution is 2.69. The van der Waals surface area contributed by atoms with Crippen LogP contribution in [-0.2, 0) is 13.9 Å². The van der Waals surface area contributed by atoms with Gasteiger partial charge in [0.25, 0.3) is 5.08 Å². The van der Waals surface area contributed by atoms with Crippen molar-refractivity contribution in [2.75, 3.05) is 6.54 Å². The van der Waals surface area contributed by atoms with Crippen LogP contribution in [-0.4, -0.2) is 42.2 Å². The highest BCUT2D eigenvalue weighted by atomic mass is 31.2. The van der Waals surface area contributed by atoms with Crippen LogP contribution >= 0.6 is 15.2 Å². The van der Waals surface area contributed by atoms with Gasteiger partial charge in [-0.25, -0.2) is 0 Å². The molecule has 0 aliphatic heterocycles. The number of nitrogens with one attached hydrogen (secondary N) is 1. The Morgan fingerprint density at radius 3 is 1.89 bits per heavy atom. The third kappa shape index (κ3) is 4.96. The van der Waals surface area contributed by atoms with Crippen molar-refractivity contribution in [3.8, 4) is 0 Å². The molecule has 19 heavy (non-hydrogen) atoms. The molecule has 0 rings (SSSR count). The minimum Gasteiger partial charge on any atom is -0.368 e. The minimum atomic E-state index is -5.41. The zero-order valence-corrected chi connectivity index (χ0v) is 12.3. The van der Waals surface area contributed by atoms with Gasteiger partial charge in [0, 0.05) is 18.9 Å². The normalized spacial score (nSPS) is 13.7. The molecular weight excluding hydrogens is 300 g/mol. The maximum atomic E-state index is 11.2. The molecule has 0 aromatic carbocycles. The van der Waals surface area contributed by atoms with Crippen molar-refractivity contribution in [2.24, 2.45) is 5.92 Å². The average molecular weight is 319 g/mol. The SMILES string of the molecule is CC(C)C(=O)NCCCC(O)(P(=O)(O)O)P(=O)(O)O. The summed E-state index contributed by atoms with van der Waals surface area (Å²) in [5.41, 5.74) is 0. The van der Waals surface area contributed by atoms with E-state index in [4.69, 9.17) is 19.6 Å². The van der Waals surface area contributed by atoms with E-state index in [9.17, 15) is 19.0 Å². The van der Waals surface area contributed by atoms with Crippen LogP contribution in [0.2, 0.25) is 0 Å². The molecule has 6 N–H and O–H groups in total. The molecule has 11 heteroatoms. The van der Waals surface area contributed by atoms with Gasteiger partial charge < -0.3 is 30.0 Å². The molecule has 0 heterocycles. The second-order valence-electron chi connectivity index (χ2n) is 4.41. The first-order valence-electron chi connectivity index (χ1n) is 5.44. The Hall–Kier alpha value is -0.270. The molecule has 114 valence electrons. The molecule has 0 aliphatic carbocycles. The first-order valence-corrected chi connectivity index (χ1v) is 8.67. The minimum absolute atomic E-state index is 0.0562. The summed E-state index contributed by atoms with van der Waals surface area (Å²) in [6.07, 6.45) is -1.02. The second kappa shape index (κ2) is 6.45.